The van der Waals surface area contributed by atoms with Crippen molar-refractivity contribution in [3.63, 3.8) is 0 Å². The molecule has 0 atom stereocenters. The average Bonchev–Trinajstić information content (AvgIpc) is 2.64. The van der Waals surface area contributed by atoms with Gasteiger partial charge >= 0.3 is 0 Å². The Morgan fingerprint density at radius 2 is 2.06 bits per heavy atom. The summed E-state index contributed by atoms with van der Waals surface area (Å²) < 4.78 is 7.29. The normalized spacial score (nSPS) is 17.7. The molecular weight excluding hydrogens is 216 g/mol. The molecule has 2 rings (SSSR count). The molecule has 5 nitrogen and oxygen atoms in total. The number of ether oxygens (including phenoxy) is 1. The van der Waals surface area contributed by atoms with Crippen LogP contribution in [0.4, 0.5) is 11.5 Å². The van der Waals surface area contributed by atoms with Crippen molar-refractivity contribution in [1.82, 2.24) is 9.78 Å². The lowest BCUT2D eigenvalue weighted by molar-refractivity contribution is 0.0817. The van der Waals surface area contributed by atoms with Crippen molar-refractivity contribution in [3.05, 3.63) is 5.69 Å². The van der Waals surface area contributed by atoms with Crippen molar-refractivity contribution in [2.24, 2.45) is 7.05 Å². The van der Waals surface area contributed by atoms with Gasteiger partial charge in [0.1, 0.15) is 5.82 Å². The minimum absolute atomic E-state index is 0.395. The second-order valence-corrected chi connectivity index (χ2v) is 4.58. The minimum atomic E-state index is 0.395. The largest absolute Gasteiger partial charge is 0.394 e. The number of nitrogens with two attached hydrogens (primary N) is 1. The Morgan fingerprint density at radius 1 is 1.41 bits per heavy atom. The van der Waals surface area contributed by atoms with E-state index in [9.17, 15) is 0 Å². The molecule has 0 amide bonds. The lowest BCUT2D eigenvalue weighted by Gasteiger charge is -2.32. The van der Waals surface area contributed by atoms with Gasteiger partial charge in [-0.2, -0.15) is 5.10 Å². The highest BCUT2D eigenvalue weighted by molar-refractivity contribution is 5.66. The molecule has 0 unspecified atom stereocenters. The summed E-state index contributed by atoms with van der Waals surface area (Å²) in [4.78, 5) is 2.32. The average molecular weight is 238 g/mol. The topological polar surface area (TPSA) is 56.3 Å². The van der Waals surface area contributed by atoms with E-state index in [1.54, 1.807) is 7.11 Å². The first kappa shape index (κ1) is 12.2. The fourth-order valence-electron chi connectivity index (χ4n) is 2.53. The van der Waals surface area contributed by atoms with Gasteiger partial charge in [-0.25, -0.2) is 0 Å². The molecule has 96 valence electrons. The van der Waals surface area contributed by atoms with E-state index in [-0.39, 0.29) is 0 Å². The molecule has 1 aliphatic heterocycles. The second kappa shape index (κ2) is 4.96. The van der Waals surface area contributed by atoms with E-state index in [1.165, 1.54) is 0 Å². The Hall–Kier alpha value is -1.23. The molecule has 0 aromatic carbocycles. The molecule has 1 aliphatic rings. The predicted molar refractivity (Wildman–Crippen MR) is 69.2 cm³/mol. The van der Waals surface area contributed by atoms with Gasteiger partial charge in [0.2, 0.25) is 0 Å². The summed E-state index contributed by atoms with van der Waals surface area (Å²) in [6.07, 6.45) is 3.39. The van der Waals surface area contributed by atoms with Crippen LogP contribution in [0.15, 0.2) is 0 Å². The number of nitrogen functional groups attached to an aromatic ring is 1. The van der Waals surface area contributed by atoms with Crippen molar-refractivity contribution in [3.8, 4) is 0 Å². The van der Waals surface area contributed by atoms with Gasteiger partial charge in [-0.3, -0.25) is 4.68 Å². The summed E-state index contributed by atoms with van der Waals surface area (Å²) in [7, 11) is 3.75. The van der Waals surface area contributed by atoms with Gasteiger partial charge in [0.15, 0.2) is 0 Å². The van der Waals surface area contributed by atoms with Crippen molar-refractivity contribution >= 4 is 11.5 Å². The Bertz CT molecular complexity index is 380. The Labute approximate surface area is 103 Å². The Balaban J connectivity index is 2.15. The zero-order valence-electron chi connectivity index (χ0n) is 10.9. The fourth-order valence-corrected chi connectivity index (χ4v) is 2.53. The van der Waals surface area contributed by atoms with Crippen LogP contribution in [-0.2, 0) is 18.2 Å². The van der Waals surface area contributed by atoms with Gasteiger partial charge in [-0.1, -0.05) is 6.92 Å². The van der Waals surface area contributed by atoms with E-state index < -0.39 is 0 Å². The highest BCUT2D eigenvalue weighted by Crippen LogP contribution is 2.29. The van der Waals surface area contributed by atoms with Crippen LogP contribution in [0.25, 0.3) is 0 Å². The van der Waals surface area contributed by atoms with Gasteiger partial charge in [-0.15, -0.1) is 0 Å². The number of methoxy groups -OCH3 is 1. The predicted octanol–water partition coefficient (Wildman–Crippen LogP) is 1.18. The molecule has 17 heavy (non-hydrogen) atoms. The van der Waals surface area contributed by atoms with E-state index in [0.717, 1.165) is 49.6 Å². The lowest BCUT2D eigenvalue weighted by atomic mass is 10.1. The van der Waals surface area contributed by atoms with Crippen LogP contribution in [0.3, 0.4) is 0 Å². The third-order valence-corrected chi connectivity index (χ3v) is 3.54. The van der Waals surface area contributed by atoms with Crippen LogP contribution in [0.2, 0.25) is 0 Å². The highest BCUT2D eigenvalue weighted by atomic mass is 16.5. The minimum Gasteiger partial charge on any atom is -0.394 e. The monoisotopic (exact) mass is 238 g/mol. The molecule has 1 aromatic heterocycles. The number of aryl methyl sites for hydroxylation is 2. The van der Waals surface area contributed by atoms with Gasteiger partial charge in [0.25, 0.3) is 0 Å². The molecule has 0 spiro atoms. The zero-order chi connectivity index (χ0) is 12.4. The highest BCUT2D eigenvalue weighted by Gasteiger charge is 2.24. The summed E-state index contributed by atoms with van der Waals surface area (Å²) in [5, 5.41) is 4.46. The Kier molecular flexibility index (Phi) is 3.57. The molecule has 2 heterocycles. The van der Waals surface area contributed by atoms with Crippen molar-refractivity contribution in [2.45, 2.75) is 32.3 Å². The van der Waals surface area contributed by atoms with Crippen LogP contribution in [0.5, 0.6) is 0 Å². The molecule has 0 bridgehead atoms. The summed E-state index contributed by atoms with van der Waals surface area (Å²) >= 11 is 0. The third-order valence-electron chi connectivity index (χ3n) is 3.54. The van der Waals surface area contributed by atoms with E-state index >= 15 is 0 Å². The quantitative estimate of drug-likeness (QED) is 0.859. The summed E-state index contributed by atoms with van der Waals surface area (Å²) in [5.74, 6) is 1.07. The molecule has 1 aromatic rings. The van der Waals surface area contributed by atoms with Gasteiger partial charge in [0.05, 0.1) is 17.5 Å². The van der Waals surface area contributed by atoms with E-state index in [4.69, 9.17) is 10.5 Å². The number of aromatic nitrogens is 2. The standard InChI is InChI=1S/C12H22N4O/c1-4-10-11(13)12(15(2)14-10)16-7-5-9(17-3)6-8-16/h9H,4-8,13H2,1-3H3. The smallest absolute Gasteiger partial charge is 0.150 e. The van der Waals surface area contributed by atoms with Crippen LogP contribution in [0.1, 0.15) is 25.5 Å². The molecule has 1 fully saturated rings. The molecule has 5 heteroatoms. The van der Waals surface area contributed by atoms with Crippen molar-refractivity contribution in [1.29, 1.82) is 0 Å². The van der Waals surface area contributed by atoms with Gasteiger partial charge < -0.3 is 15.4 Å². The number of hydrogen-bond donors (Lipinski definition) is 1. The van der Waals surface area contributed by atoms with Crippen molar-refractivity contribution < 1.29 is 4.74 Å². The molecular formula is C12H22N4O. The maximum atomic E-state index is 6.16. The van der Waals surface area contributed by atoms with E-state index in [1.807, 2.05) is 11.7 Å². The number of piperidine rings is 1. The van der Waals surface area contributed by atoms with E-state index in [2.05, 4.69) is 16.9 Å². The Morgan fingerprint density at radius 3 is 2.53 bits per heavy atom. The molecule has 1 saturated heterocycles. The zero-order valence-corrected chi connectivity index (χ0v) is 10.9. The number of hydrogen-bond acceptors (Lipinski definition) is 4. The first-order valence-corrected chi connectivity index (χ1v) is 6.26. The van der Waals surface area contributed by atoms with Crippen molar-refractivity contribution in [2.75, 3.05) is 30.8 Å². The summed E-state index contributed by atoms with van der Waals surface area (Å²) in [6, 6.07) is 0. The number of nitrogens with zero attached hydrogens (tertiary/aromatic N) is 3. The van der Waals surface area contributed by atoms with Crippen LogP contribution in [-0.4, -0.2) is 36.1 Å². The SMILES string of the molecule is CCc1nn(C)c(N2CCC(OC)CC2)c1N. The fraction of sp³-hybridized carbons (Fsp3) is 0.750. The van der Waals surface area contributed by atoms with Crippen LogP contribution in [0, 0.1) is 0 Å². The number of rotatable bonds is 3. The molecule has 2 N–H and O–H groups in total. The van der Waals surface area contributed by atoms with Crippen LogP contribution < -0.4 is 10.6 Å². The first-order chi connectivity index (χ1) is 8.17. The third kappa shape index (κ3) is 2.24. The number of anilines is 2. The first-order valence-electron chi connectivity index (χ1n) is 6.26. The summed E-state index contributed by atoms with van der Waals surface area (Å²) in [5.41, 5.74) is 7.99. The van der Waals surface area contributed by atoms with Gasteiger partial charge in [0, 0.05) is 27.2 Å². The second-order valence-electron chi connectivity index (χ2n) is 4.58. The summed E-state index contributed by atoms with van der Waals surface area (Å²) in [6.45, 7) is 4.07. The molecule has 0 radical (unpaired) electrons. The van der Waals surface area contributed by atoms with Crippen LogP contribution >= 0.6 is 0 Å². The maximum Gasteiger partial charge on any atom is 0.150 e. The van der Waals surface area contributed by atoms with Gasteiger partial charge in [-0.05, 0) is 19.3 Å². The molecule has 0 saturated carbocycles. The molecule has 0 aliphatic carbocycles. The van der Waals surface area contributed by atoms with E-state index in [0.29, 0.717) is 6.10 Å². The maximum absolute atomic E-state index is 6.16. The lowest BCUT2D eigenvalue weighted by Crippen LogP contribution is -2.38.